The van der Waals surface area contributed by atoms with Crippen molar-refractivity contribution < 1.29 is 18.7 Å². The van der Waals surface area contributed by atoms with E-state index in [4.69, 9.17) is 13.9 Å². The Bertz CT molecular complexity index is 1000. The van der Waals surface area contributed by atoms with Crippen molar-refractivity contribution in [3.8, 4) is 17.2 Å². The smallest absolute Gasteiger partial charge is 0.323 e. The number of oxazole rings is 1. The summed E-state index contributed by atoms with van der Waals surface area (Å²) in [6.45, 7) is 3.17. The van der Waals surface area contributed by atoms with Crippen LogP contribution in [0, 0.1) is 6.92 Å². The molecule has 0 amide bonds. The Balaban J connectivity index is 1.29. The molecule has 6 nitrogen and oxygen atoms in total. The van der Waals surface area contributed by atoms with Crippen LogP contribution in [0.3, 0.4) is 0 Å². The van der Waals surface area contributed by atoms with Crippen LogP contribution in [-0.2, 0) is 22.5 Å². The molecular formula is C24H26N2O4S. The van der Waals surface area contributed by atoms with E-state index >= 15 is 0 Å². The fraction of sp³-hybridized carbons (Fsp3) is 0.333. The monoisotopic (exact) mass is 438 g/mol. The minimum absolute atomic E-state index is 0.163. The molecule has 0 N–H and O–H groups in total. The number of methoxy groups -OCH3 is 1. The number of esters is 1. The molecule has 7 heteroatoms. The molecule has 1 fully saturated rings. The molecule has 2 heterocycles. The third-order valence-electron chi connectivity index (χ3n) is 5.28. The van der Waals surface area contributed by atoms with Crippen molar-refractivity contribution in [2.45, 2.75) is 25.9 Å². The van der Waals surface area contributed by atoms with Crippen LogP contribution in [0.5, 0.6) is 5.75 Å². The molecule has 1 aliphatic heterocycles. The number of aromatic nitrogens is 1. The van der Waals surface area contributed by atoms with E-state index in [0.29, 0.717) is 25.5 Å². The fourth-order valence-corrected chi connectivity index (χ4v) is 4.72. The Morgan fingerprint density at radius 1 is 1.19 bits per heavy atom. The van der Waals surface area contributed by atoms with E-state index in [1.807, 2.05) is 61.5 Å². The molecule has 1 aromatic heterocycles. The van der Waals surface area contributed by atoms with Crippen LogP contribution in [0.25, 0.3) is 11.5 Å². The zero-order valence-electron chi connectivity index (χ0n) is 17.7. The number of ether oxygens (including phenoxy) is 2. The van der Waals surface area contributed by atoms with Gasteiger partial charge in [-0.3, -0.25) is 9.69 Å². The number of aryl methyl sites for hydroxylation is 1. The zero-order chi connectivity index (χ0) is 21.6. The maximum Gasteiger partial charge on any atom is 0.323 e. The molecule has 0 saturated carbocycles. The summed E-state index contributed by atoms with van der Waals surface area (Å²) >= 11 is 1.75. The lowest BCUT2D eigenvalue weighted by molar-refractivity contribution is -0.145. The Morgan fingerprint density at radius 3 is 2.71 bits per heavy atom. The quantitative estimate of drug-likeness (QED) is 0.485. The van der Waals surface area contributed by atoms with Gasteiger partial charge in [-0.15, -0.1) is 11.8 Å². The molecule has 1 atom stereocenters. The lowest BCUT2D eigenvalue weighted by Gasteiger charge is -2.21. The second-order valence-electron chi connectivity index (χ2n) is 7.42. The highest BCUT2D eigenvalue weighted by molar-refractivity contribution is 7.99. The summed E-state index contributed by atoms with van der Waals surface area (Å²) in [5.41, 5.74) is 3.03. The summed E-state index contributed by atoms with van der Waals surface area (Å²) in [6, 6.07) is 17.7. The van der Waals surface area contributed by atoms with Crippen LogP contribution >= 0.6 is 11.8 Å². The van der Waals surface area contributed by atoms with Crippen molar-refractivity contribution in [1.29, 1.82) is 0 Å². The lowest BCUT2D eigenvalue weighted by Crippen LogP contribution is -2.38. The van der Waals surface area contributed by atoms with E-state index < -0.39 is 0 Å². The highest BCUT2D eigenvalue weighted by atomic mass is 32.2. The summed E-state index contributed by atoms with van der Waals surface area (Å²) < 4.78 is 16.6. The number of thioether (sulfide) groups is 1. The van der Waals surface area contributed by atoms with Gasteiger partial charge in [-0.2, -0.15) is 0 Å². The van der Waals surface area contributed by atoms with Crippen molar-refractivity contribution >= 4 is 17.7 Å². The van der Waals surface area contributed by atoms with Crippen molar-refractivity contribution in [2.24, 2.45) is 0 Å². The summed E-state index contributed by atoms with van der Waals surface area (Å²) in [5, 5.41) is 0. The number of nitrogens with zero attached hydrogens (tertiary/aromatic N) is 2. The van der Waals surface area contributed by atoms with Gasteiger partial charge in [0.1, 0.15) is 17.6 Å². The largest absolute Gasteiger partial charge is 0.493 e. The van der Waals surface area contributed by atoms with Gasteiger partial charge < -0.3 is 13.9 Å². The van der Waals surface area contributed by atoms with Gasteiger partial charge in [0.05, 0.1) is 19.4 Å². The number of rotatable bonds is 8. The van der Waals surface area contributed by atoms with E-state index in [9.17, 15) is 4.79 Å². The van der Waals surface area contributed by atoms with Crippen LogP contribution in [0.2, 0.25) is 0 Å². The van der Waals surface area contributed by atoms with E-state index in [1.54, 1.807) is 11.8 Å². The minimum atomic E-state index is -0.169. The first-order chi connectivity index (χ1) is 15.1. The van der Waals surface area contributed by atoms with Crippen molar-refractivity contribution in [2.75, 3.05) is 25.3 Å². The fourth-order valence-electron chi connectivity index (χ4n) is 3.54. The average Bonchev–Trinajstić information content (AvgIpc) is 3.41. The minimum Gasteiger partial charge on any atom is -0.493 e. The topological polar surface area (TPSA) is 64.8 Å². The molecular weight excluding hydrogens is 412 g/mol. The Kier molecular flexibility index (Phi) is 6.94. The Hall–Kier alpha value is -2.77. The lowest BCUT2D eigenvalue weighted by atomic mass is 10.2. The van der Waals surface area contributed by atoms with Crippen molar-refractivity contribution in [3.05, 3.63) is 71.6 Å². The van der Waals surface area contributed by atoms with Gasteiger partial charge in [-0.25, -0.2) is 4.98 Å². The average molecular weight is 439 g/mol. The van der Waals surface area contributed by atoms with Gasteiger partial charge in [0, 0.05) is 30.2 Å². The normalized spacial score (nSPS) is 16.4. The van der Waals surface area contributed by atoms with Crippen molar-refractivity contribution in [3.63, 3.8) is 0 Å². The molecule has 1 aliphatic rings. The van der Waals surface area contributed by atoms with Gasteiger partial charge in [0.25, 0.3) is 0 Å². The molecule has 31 heavy (non-hydrogen) atoms. The van der Waals surface area contributed by atoms with Crippen LogP contribution in [-0.4, -0.2) is 47.2 Å². The molecule has 0 radical (unpaired) electrons. The van der Waals surface area contributed by atoms with Crippen LogP contribution < -0.4 is 4.74 Å². The molecule has 0 spiro atoms. The van der Waals surface area contributed by atoms with Gasteiger partial charge in [0.15, 0.2) is 0 Å². The molecule has 0 aliphatic carbocycles. The van der Waals surface area contributed by atoms with Gasteiger partial charge in [-0.1, -0.05) is 30.3 Å². The van der Waals surface area contributed by atoms with Gasteiger partial charge in [0.2, 0.25) is 5.89 Å². The first-order valence-electron chi connectivity index (χ1n) is 10.3. The SMILES string of the molecule is COC(=O)[C@@H]1CSCN1Cc1ccc(OCCc2nc(-c3ccccc3)oc2C)cc1. The van der Waals surface area contributed by atoms with E-state index in [2.05, 4.69) is 9.88 Å². The van der Waals surface area contributed by atoms with Crippen LogP contribution in [0.15, 0.2) is 59.0 Å². The summed E-state index contributed by atoms with van der Waals surface area (Å²) in [6.07, 6.45) is 0.676. The second-order valence-corrected chi connectivity index (χ2v) is 8.42. The van der Waals surface area contributed by atoms with Gasteiger partial charge >= 0.3 is 5.97 Å². The number of carbonyl (C=O) groups is 1. The molecule has 0 bridgehead atoms. The van der Waals surface area contributed by atoms with E-state index in [-0.39, 0.29) is 12.0 Å². The van der Waals surface area contributed by atoms with Crippen molar-refractivity contribution in [1.82, 2.24) is 9.88 Å². The molecule has 3 aromatic rings. The van der Waals surface area contributed by atoms with Crippen LogP contribution in [0.4, 0.5) is 0 Å². The summed E-state index contributed by atoms with van der Waals surface area (Å²) in [4.78, 5) is 18.7. The Labute approximate surface area is 186 Å². The number of carbonyl (C=O) groups excluding carboxylic acids is 1. The highest BCUT2D eigenvalue weighted by Gasteiger charge is 2.31. The van der Waals surface area contributed by atoms with E-state index in [0.717, 1.165) is 40.0 Å². The Morgan fingerprint density at radius 2 is 1.97 bits per heavy atom. The second kappa shape index (κ2) is 10.0. The molecule has 0 unspecified atom stereocenters. The molecule has 162 valence electrons. The molecule has 4 rings (SSSR count). The summed E-state index contributed by atoms with van der Waals surface area (Å²) in [5.74, 6) is 3.72. The molecule has 2 aromatic carbocycles. The third kappa shape index (κ3) is 5.29. The highest BCUT2D eigenvalue weighted by Crippen LogP contribution is 2.25. The number of hydrogen-bond donors (Lipinski definition) is 0. The number of hydrogen-bond acceptors (Lipinski definition) is 7. The maximum atomic E-state index is 11.9. The zero-order valence-corrected chi connectivity index (χ0v) is 18.6. The van der Waals surface area contributed by atoms with Gasteiger partial charge in [-0.05, 0) is 36.8 Å². The predicted octanol–water partition coefficient (Wildman–Crippen LogP) is 4.32. The predicted molar refractivity (Wildman–Crippen MR) is 121 cm³/mol. The maximum absolute atomic E-state index is 11.9. The standard InChI is InChI=1S/C24H26N2O4S/c1-17-21(25-23(30-17)19-6-4-3-5-7-19)12-13-29-20-10-8-18(9-11-20)14-26-16-31-15-22(26)24(27)28-2/h3-11,22H,12-16H2,1-2H3/t22-/m0/s1. The first kappa shape index (κ1) is 21.5. The molecule has 1 saturated heterocycles. The van der Waals surface area contributed by atoms with Crippen LogP contribution in [0.1, 0.15) is 17.0 Å². The third-order valence-corrected chi connectivity index (χ3v) is 6.34. The number of benzene rings is 2. The first-order valence-corrected chi connectivity index (χ1v) is 11.4. The van der Waals surface area contributed by atoms with E-state index in [1.165, 1.54) is 7.11 Å². The summed E-state index contributed by atoms with van der Waals surface area (Å²) in [7, 11) is 1.44.